The second kappa shape index (κ2) is 15.1. The third-order valence-corrected chi connectivity index (χ3v) is 7.00. The smallest absolute Gasteiger partial charge is 0.222 e. The summed E-state index contributed by atoms with van der Waals surface area (Å²) in [4.78, 5) is 26.1. The fraction of sp³-hybridized carbons (Fsp3) is 0.783. The molecule has 0 radical (unpaired) electrons. The molecule has 0 bridgehead atoms. The highest BCUT2D eigenvalue weighted by atomic mass is 127. The standard InChI is InChI=1S/C23H40N6OS.HI/c1-3-24-23(25-11-7-13-29-12-6-4-5-8-22(29)30)26-16-20-9-14-28(15-10-20)17-21-18-31-19(2)27-21;/h18,20H,3-17H2,1-2H3,(H2,24,25,26);1H. The van der Waals surface area contributed by atoms with E-state index < -0.39 is 0 Å². The lowest BCUT2D eigenvalue weighted by molar-refractivity contribution is -0.130. The summed E-state index contributed by atoms with van der Waals surface area (Å²) >= 11 is 1.74. The number of guanidine groups is 1. The largest absolute Gasteiger partial charge is 0.357 e. The predicted molar refractivity (Wildman–Crippen MR) is 144 cm³/mol. The molecule has 1 aromatic rings. The van der Waals surface area contributed by atoms with E-state index in [1.165, 1.54) is 25.0 Å². The highest BCUT2D eigenvalue weighted by molar-refractivity contribution is 14.0. The molecule has 0 saturated carbocycles. The Bertz CT molecular complexity index is 704. The van der Waals surface area contributed by atoms with Crippen LogP contribution < -0.4 is 10.6 Å². The molecule has 2 saturated heterocycles. The van der Waals surface area contributed by atoms with Gasteiger partial charge in [-0.3, -0.25) is 14.7 Å². The third-order valence-electron chi connectivity index (χ3n) is 6.18. The number of hydrogen-bond acceptors (Lipinski definition) is 5. The number of nitrogens with one attached hydrogen (secondary N) is 2. The predicted octanol–water partition coefficient (Wildman–Crippen LogP) is 3.63. The molecule has 32 heavy (non-hydrogen) atoms. The molecule has 0 atom stereocenters. The van der Waals surface area contributed by atoms with Gasteiger partial charge in [0, 0.05) is 51.1 Å². The first kappa shape index (κ1) is 27.3. The van der Waals surface area contributed by atoms with Crippen LogP contribution in [0.4, 0.5) is 0 Å². The lowest BCUT2D eigenvalue weighted by atomic mass is 9.97. The minimum absolute atomic E-state index is 0. The molecule has 3 rings (SSSR count). The third kappa shape index (κ3) is 9.51. The van der Waals surface area contributed by atoms with Crippen LogP contribution in [0.5, 0.6) is 0 Å². The maximum absolute atomic E-state index is 12.1. The van der Waals surface area contributed by atoms with Gasteiger partial charge in [0.1, 0.15) is 0 Å². The number of likely N-dealkylation sites (tertiary alicyclic amines) is 2. The van der Waals surface area contributed by atoms with Crippen LogP contribution in [0.25, 0.3) is 0 Å². The van der Waals surface area contributed by atoms with Crippen molar-refractivity contribution < 1.29 is 4.79 Å². The van der Waals surface area contributed by atoms with E-state index >= 15 is 0 Å². The topological polar surface area (TPSA) is 72.9 Å². The van der Waals surface area contributed by atoms with Gasteiger partial charge in [-0.25, -0.2) is 4.98 Å². The normalized spacial score (nSPS) is 18.9. The maximum Gasteiger partial charge on any atom is 0.222 e. The van der Waals surface area contributed by atoms with Gasteiger partial charge in [-0.05, 0) is 65.0 Å². The van der Waals surface area contributed by atoms with E-state index in [1.54, 1.807) is 11.3 Å². The number of thiazole rings is 1. The van der Waals surface area contributed by atoms with Crippen LogP contribution in [0.1, 0.15) is 62.6 Å². The Morgan fingerprint density at radius 3 is 2.75 bits per heavy atom. The Balaban J connectivity index is 0.00000363. The fourth-order valence-corrected chi connectivity index (χ4v) is 4.95. The van der Waals surface area contributed by atoms with E-state index in [-0.39, 0.29) is 24.0 Å². The maximum atomic E-state index is 12.1. The van der Waals surface area contributed by atoms with Crippen LogP contribution in [0.2, 0.25) is 0 Å². The van der Waals surface area contributed by atoms with E-state index in [1.807, 2.05) is 4.90 Å². The molecular weight excluding hydrogens is 535 g/mol. The summed E-state index contributed by atoms with van der Waals surface area (Å²) < 4.78 is 0. The molecule has 0 unspecified atom stereocenters. The van der Waals surface area contributed by atoms with E-state index in [2.05, 4.69) is 39.7 Å². The van der Waals surface area contributed by atoms with Gasteiger partial charge < -0.3 is 15.5 Å². The Morgan fingerprint density at radius 2 is 2.03 bits per heavy atom. The Hall–Kier alpha value is -0.940. The van der Waals surface area contributed by atoms with Crippen LogP contribution >= 0.6 is 35.3 Å². The molecule has 182 valence electrons. The number of nitrogens with zero attached hydrogens (tertiary/aromatic N) is 4. The zero-order valence-corrected chi connectivity index (χ0v) is 22.9. The van der Waals surface area contributed by atoms with Gasteiger partial charge >= 0.3 is 0 Å². The molecule has 2 aliphatic heterocycles. The average molecular weight is 577 g/mol. The van der Waals surface area contributed by atoms with Crippen molar-refractivity contribution in [1.29, 1.82) is 0 Å². The highest BCUT2D eigenvalue weighted by Crippen LogP contribution is 2.20. The van der Waals surface area contributed by atoms with Gasteiger partial charge in [0.15, 0.2) is 5.96 Å². The number of aryl methyl sites for hydroxylation is 1. The van der Waals surface area contributed by atoms with E-state index in [9.17, 15) is 4.79 Å². The first-order chi connectivity index (χ1) is 15.1. The number of carbonyl (C=O) groups excluding carboxylic acids is 1. The summed E-state index contributed by atoms with van der Waals surface area (Å²) in [5.74, 6) is 1.89. The first-order valence-corrected chi connectivity index (χ1v) is 13.0. The minimum atomic E-state index is 0. The lowest BCUT2D eigenvalue weighted by Crippen LogP contribution is -2.40. The molecular formula is C23H41IN6OS. The number of carbonyl (C=O) groups is 1. The number of piperidine rings is 1. The van der Waals surface area contributed by atoms with Crippen molar-refractivity contribution in [2.24, 2.45) is 10.9 Å². The fourth-order valence-electron chi connectivity index (χ4n) is 4.35. The molecule has 0 spiro atoms. The van der Waals surface area contributed by atoms with Crippen molar-refractivity contribution in [3.05, 3.63) is 16.1 Å². The molecule has 0 aliphatic carbocycles. The zero-order chi connectivity index (χ0) is 21.9. The number of rotatable bonds is 9. The summed E-state index contributed by atoms with van der Waals surface area (Å²) in [6.07, 6.45) is 7.46. The van der Waals surface area contributed by atoms with Crippen molar-refractivity contribution >= 4 is 47.2 Å². The molecule has 7 nitrogen and oxygen atoms in total. The van der Waals surface area contributed by atoms with Crippen molar-refractivity contribution in [1.82, 2.24) is 25.4 Å². The van der Waals surface area contributed by atoms with Crippen LogP contribution in [0.15, 0.2) is 10.4 Å². The number of aliphatic imine (C=N–C) groups is 1. The molecule has 2 N–H and O–H groups in total. The Labute approximate surface area is 214 Å². The molecule has 1 aromatic heterocycles. The average Bonchev–Trinajstić information content (AvgIpc) is 3.06. The first-order valence-electron chi connectivity index (χ1n) is 12.1. The van der Waals surface area contributed by atoms with E-state index in [0.717, 1.165) is 89.0 Å². The van der Waals surface area contributed by atoms with Gasteiger partial charge in [-0.15, -0.1) is 35.3 Å². The summed E-state index contributed by atoms with van der Waals surface area (Å²) in [5.41, 5.74) is 1.21. The second-order valence-corrected chi connectivity index (χ2v) is 9.83. The van der Waals surface area contributed by atoms with E-state index in [4.69, 9.17) is 4.99 Å². The SMILES string of the molecule is CCNC(=NCC1CCN(Cc2csc(C)n2)CC1)NCCCN1CCCCCC1=O.I. The number of halogens is 1. The van der Waals surface area contributed by atoms with Gasteiger partial charge in [0.25, 0.3) is 0 Å². The summed E-state index contributed by atoms with van der Waals surface area (Å²) in [5, 5.41) is 10.2. The van der Waals surface area contributed by atoms with Crippen LogP contribution in [0.3, 0.4) is 0 Å². The summed E-state index contributed by atoms with van der Waals surface area (Å²) in [6, 6.07) is 0. The molecule has 9 heteroatoms. The number of aromatic nitrogens is 1. The second-order valence-electron chi connectivity index (χ2n) is 8.77. The van der Waals surface area contributed by atoms with Crippen LogP contribution in [0, 0.1) is 12.8 Å². The van der Waals surface area contributed by atoms with Crippen molar-refractivity contribution in [3.63, 3.8) is 0 Å². The van der Waals surface area contributed by atoms with E-state index in [0.29, 0.717) is 11.8 Å². The lowest BCUT2D eigenvalue weighted by Gasteiger charge is -2.30. The number of hydrogen-bond donors (Lipinski definition) is 2. The van der Waals surface area contributed by atoms with Crippen LogP contribution in [-0.4, -0.2) is 72.5 Å². The molecule has 3 heterocycles. The monoisotopic (exact) mass is 576 g/mol. The molecule has 2 aliphatic rings. The summed E-state index contributed by atoms with van der Waals surface area (Å²) in [7, 11) is 0. The highest BCUT2D eigenvalue weighted by Gasteiger charge is 2.20. The Kier molecular flexibility index (Phi) is 12.8. The molecule has 1 amide bonds. The van der Waals surface area contributed by atoms with Crippen molar-refractivity contribution in [3.8, 4) is 0 Å². The molecule has 2 fully saturated rings. The van der Waals surface area contributed by atoms with Crippen molar-refractivity contribution in [2.45, 2.75) is 65.3 Å². The van der Waals surface area contributed by atoms with Crippen LogP contribution in [-0.2, 0) is 11.3 Å². The zero-order valence-electron chi connectivity index (χ0n) is 19.8. The van der Waals surface area contributed by atoms with Gasteiger partial charge in [-0.1, -0.05) is 6.42 Å². The Morgan fingerprint density at radius 1 is 1.22 bits per heavy atom. The summed E-state index contributed by atoms with van der Waals surface area (Å²) in [6.45, 7) is 11.8. The van der Waals surface area contributed by atoms with Gasteiger partial charge in [-0.2, -0.15) is 0 Å². The minimum Gasteiger partial charge on any atom is -0.357 e. The van der Waals surface area contributed by atoms with Gasteiger partial charge in [0.05, 0.1) is 10.7 Å². The number of amides is 1. The van der Waals surface area contributed by atoms with Crippen molar-refractivity contribution in [2.75, 3.05) is 45.8 Å². The van der Waals surface area contributed by atoms with Gasteiger partial charge in [0.2, 0.25) is 5.91 Å². The molecule has 0 aromatic carbocycles. The quantitative estimate of drug-likeness (QED) is 0.203.